The molecule has 28 heavy (non-hydrogen) atoms. The number of aryl methyl sites for hydroxylation is 1. The van der Waals surface area contributed by atoms with Gasteiger partial charge in [0.15, 0.2) is 0 Å². The first-order chi connectivity index (χ1) is 13.5. The molecule has 148 valence electrons. The lowest BCUT2D eigenvalue weighted by atomic mass is 9.88. The van der Waals surface area contributed by atoms with Gasteiger partial charge in [-0.3, -0.25) is 14.3 Å². The first-order valence-electron chi connectivity index (χ1n) is 9.51. The van der Waals surface area contributed by atoms with Crippen molar-refractivity contribution >= 4 is 17.5 Å². The Balaban J connectivity index is 1.44. The van der Waals surface area contributed by atoms with Gasteiger partial charge >= 0.3 is 0 Å². The molecule has 0 radical (unpaired) electrons. The van der Waals surface area contributed by atoms with Gasteiger partial charge in [-0.25, -0.2) is 4.39 Å². The maximum atomic E-state index is 13.6. The molecule has 0 aliphatic carbocycles. The van der Waals surface area contributed by atoms with Gasteiger partial charge in [0.05, 0.1) is 23.9 Å². The zero-order chi connectivity index (χ0) is 19.7. The van der Waals surface area contributed by atoms with E-state index in [-0.39, 0.29) is 24.2 Å². The first-order valence-corrected chi connectivity index (χ1v) is 9.51. The van der Waals surface area contributed by atoms with Crippen molar-refractivity contribution in [2.75, 3.05) is 31.1 Å². The highest BCUT2D eigenvalue weighted by molar-refractivity contribution is 5.95. The van der Waals surface area contributed by atoms with Crippen molar-refractivity contribution in [3.63, 3.8) is 0 Å². The standard InChI is InChI=1S/C20H23FN4O3/c1-2-24-12-15(11-22-24)19(27)23-8-6-20(7-9-23)14-25(18(26)13-28-20)17-5-3-4-16(21)10-17/h3-5,10-12H,2,6-9,13-14H2,1H3. The highest BCUT2D eigenvalue weighted by Gasteiger charge is 2.43. The third-order valence-electron chi connectivity index (χ3n) is 5.54. The van der Waals surface area contributed by atoms with E-state index in [0.717, 1.165) is 0 Å². The maximum absolute atomic E-state index is 13.6. The quantitative estimate of drug-likeness (QED) is 0.810. The molecule has 1 aromatic heterocycles. The lowest BCUT2D eigenvalue weighted by Crippen LogP contribution is -2.59. The van der Waals surface area contributed by atoms with Gasteiger partial charge in [0, 0.05) is 31.5 Å². The fraction of sp³-hybridized carbons (Fsp3) is 0.450. The van der Waals surface area contributed by atoms with E-state index in [1.165, 1.54) is 12.1 Å². The lowest BCUT2D eigenvalue weighted by molar-refractivity contribution is -0.143. The lowest BCUT2D eigenvalue weighted by Gasteiger charge is -2.46. The summed E-state index contributed by atoms with van der Waals surface area (Å²) in [7, 11) is 0. The molecule has 2 aliphatic heterocycles. The SMILES string of the molecule is CCn1cc(C(=O)N2CCC3(CC2)CN(c2cccc(F)c2)C(=O)CO3)cn1. The minimum Gasteiger partial charge on any atom is -0.363 e. The molecule has 0 atom stereocenters. The van der Waals surface area contributed by atoms with E-state index < -0.39 is 5.60 Å². The number of halogens is 1. The number of likely N-dealkylation sites (tertiary alicyclic amines) is 1. The Bertz CT molecular complexity index is 889. The number of hydrogen-bond acceptors (Lipinski definition) is 4. The van der Waals surface area contributed by atoms with Crippen LogP contribution >= 0.6 is 0 Å². The van der Waals surface area contributed by atoms with Crippen molar-refractivity contribution in [3.8, 4) is 0 Å². The minimum atomic E-state index is -0.509. The van der Waals surface area contributed by atoms with Gasteiger partial charge in [0.25, 0.3) is 11.8 Å². The summed E-state index contributed by atoms with van der Waals surface area (Å²) in [6, 6.07) is 6.04. The number of ether oxygens (including phenoxy) is 1. The predicted molar refractivity (Wildman–Crippen MR) is 100 cm³/mol. The molecule has 0 bridgehead atoms. The van der Waals surface area contributed by atoms with E-state index in [1.807, 2.05) is 6.92 Å². The number of rotatable bonds is 3. The number of amides is 2. The van der Waals surface area contributed by atoms with Crippen LogP contribution in [0.1, 0.15) is 30.1 Å². The molecule has 2 amide bonds. The van der Waals surface area contributed by atoms with Crippen LogP contribution in [0.25, 0.3) is 0 Å². The van der Waals surface area contributed by atoms with Crippen molar-refractivity contribution in [1.29, 1.82) is 0 Å². The van der Waals surface area contributed by atoms with Crippen LogP contribution in [0.4, 0.5) is 10.1 Å². The molecule has 2 aromatic rings. The maximum Gasteiger partial charge on any atom is 0.257 e. The van der Waals surface area contributed by atoms with Crippen LogP contribution in [0.3, 0.4) is 0 Å². The van der Waals surface area contributed by atoms with Crippen LogP contribution in [0.15, 0.2) is 36.7 Å². The van der Waals surface area contributed by atoms with Crippen molar-refractivity contribution < 1.29 is 18.7 Å². The van der Waals surface area contributed by atoms with E-state index in [1.54, 1.807) is 39.0 Å². The molecule has 7 nitrogen and oxygen atoms in total. The predicted octanol–water partition coefficient (Wildman–Crippen LogP) is 2.08. The topological polar surface area (TPSA) is 67.7 Å². The minimum absolute atomic E-state index is 0.0340. The largest absolute Gasteiger partial charge is 0.363 e. The monoisotopic (exact) mass is 386 g/mol. The van der Waals surface area contributed by atoms with Crippen LogP contribution in [0.5, 0.6) is 0 Å². The Morgan fingerprint density at radius 1 is 1.32 bits per heavy atom. The molecule has 1 aromatic carbocycles. The second kappa shape index (κ2) is 7.35. The summed E-state index contributed by atoms with van der Waals surface area (Å²) in [6.07, 6.45) is 4.60. The summed E-state index contributed by atoms with van der Waals surface area (Å²) in [6.45, 7) is 4.10. The van der Waals surface area contributed by atoms with Gasteiger partial charge < -0.3 is 14.5 Å². The molecular weight excluding hydrogens is 363 g/mol. The van der Waals surface area contributed by atoms with Crippen LogP contribution in [0.2, 0.25) is 0 Å². The summed E-state index contributed by atoms with van der Waals surface area (Å²) < 4.78 is 21.2. The van der Waals surface area contributed by atoms with Crippen LogP contribution < -0.4 is 4.90 Å². The smallest absolute Gasteiger partial charge is 0.257 e. The average molecular weight is 386 g/mol. The Hall–Kier alpha value is -2.74. The van der Waals surface area contributed by atoms with Crippen LogP contribution in [0, 0.1) is 5.82 Å². The second-order valence-corrected chi connectivity index (χ2v) is 7.31. The normalized spacial score (nSPS) is 19.3. The second-order valence-electron chi connectivity index (χ2n) is 7.31. The number of carbonyl (C=O) groups excluding carboxylic acids is 2. The molecule has 0 N–H and O–H groups in total. The Morgan fingerprint density at radius 3 is 2.79 bits per heavy atom. The van der Waals surface area contributed by atoms with E-state index in [9.17, 15) is 14.0 Å². The number of nitrogens with zero attached hydrogens (tertiary/aromatic N) is 4. The summed E-state index contributed by atoms with van der Waals surface area (Å²) >= 11 is 0. The molecule has 8 heteroatoms. The van der Waals surface area contributed by atoms with E-state index in [2.05, 4.69) is 5.10 Å². The number of aromatic nitrogens is 2. The third-order valence-corrected chi connectivity index (χ3v) is 5.54. The fourth-order valence-corrected chi connectivity index (χ4v) is 3.84. The van der Waals surface area contributed by atoms with E-state index in [4.69, 9.17) is 4.74 Å². The highest BCUT2D eigenvalue weighted by atomic mass is 19.1. The number of carbonyl (C=O) groups is 2. The molecule has 2 aliphatic rings. The van der Waals surface area contributed by atoms with Crippen molar-refractivity contribution in [1.82, 2.24) is 14.7 Å². The van der Waals surface area contributed by atoms with Gasteiger partial charge in [-0.1, -0.05) is 6.07 Å². The van der Waals surface area contributed by atoms with E-state index >= 15 is 0 Å². The van der Waals surface area contributed by atoms with Crippen LogP contribution in [-0.2, 0) is 16.1 Å². The zero-order valence-electron chi connectivity index (χ0n) is 15.8. The summed E-state index contributed by atoms with van der Waals surface area (Å²) in [5.74, 6) is -0.594. The number of hydrogen-bond donors (Lipinski definition) is 0. The third kappa shape index (κ3) is 3.52. The Labute approximate surface area is 162 Å². The van der Waals surface area contributed by atoms with Gasteiger partial charge in [0.1, 0.15) is 12.4 Å². The van der Waals surface area contributed by atoms with E-state index in [0.29, 0.717) is 50.3 Å². The molecule has 0 saturated carbocycles. The van der Waals surface area contributed by atoms with Crippen LogP contribution in [-0.4, -0.2) is 58.3 Å². The average Bonchev–Trinajstić information content (AvgIpc) is 3.19. The number of benzene rings is 1. The Morgan fingerprint density at radius 2 is 2.11 bits per heavy atom. The number of morpholine rings is 1. The molecule has 3 heterocycles. The molecular formula is C20H23FN4O3. The van der Waals surface area contributed by atoms with Crippen molar-refractivity contribution in [3.05, 3.63) is 48.0 Å². The number of piperidine rings is 1. The highest BCUT2D eigenvalue weighted by Crippen LogP contribution is 2.33. The summed E-state index contributed by atoms with van der Waals surface area (Å²) in [5.41, 5.74) is 0.613. The molecule has 1 spiro atoms. The molecule has 2 saturated heterocycles. The summed E-state index contributed by atoms with van der Waals surface area (Å²) in [4.78, 5) is 28.4. The molecule has 0 unspecified atom stereocenters. The number of anilines is 1. The van der Waals surface area contributed by atoms with Gasteiger partial charge in [-0.2, -0.15) is 5.10 Å². The fourth-order valence-electron chi connectivity index (χ4n) is 3.84. The van der Waals surface area contributed by atoms with Gasteiger partial charge in [0.2, 0.25) is 0 Å². The van der Waals surface area contributed by atoms with Crippen molar-refractivity contribution in [2.24, 2.45) is 0 Å². The van der Waals surface area contributed by atoms with Crippen molar-refractivity contribution in [2.45, 2.75) is 31.9 Å². The molecule has 4 rings (SSSR count). The summed E-state index contributed by atoms with van der Waals surface area (Å²) in [5, 5.41) is 4.16. The zero-order valence-corrected chi connectivity index (χ0v) is 15.8. The Kier molecular flexibility index (Phi) is 4.89. The van der Waals surface area contributed by atoms with Gasteiger partial charge in [-0.05, 0) is 38.0 Å². The molecule has 2 fully saturated rings. The first kappa shape index (κ1) is 18.6. The van der Waals surface area contributed by atoms with Gasteiger partial charge in [-0.15, -0.1) is 0 Å².